The van der Waals surface area contributed by atoms with Crippen LogP contribution in [-0.2, 0) is 6.42 Å². The van der Waals surface area contributed by atoms with Crippen molar-refractivity contribution in [3.63, 3.8) is 0 Å². The van der Waals surface area contributed by atoms with E-state index in [9.17, 15) is 10.2 Å². The van der Waals surface area contributed by atoms with Crippen molar-refractivity contribution in [2.45, 2.75) is 57.0 Å². The third kappa shape index (κ3) is 2.16. The molecule has 2 fully saturated rings. The summed E-state index contributed by atoms with van der Waals surface area (Å²) in [4.78, 5) is 1.84. The molecule has 124 valence electrons. The minimum Gasteiger partial charge on any atom is -0.508 e. The number of aryl methyl sites for hydroxylation is 1. The second-order valence-corrected chi connectivity index (χ2v) is 8.54. The lowest BCUT2D eigenvalue weighted by Gasteiger charge is -2.52. The molecule has 5 atom stereocenters. The molecule has 3 heteroatoms. The third-order valence-electron chi connectivity index (χ3n) is 7.26. The van der Waals surface area contributed by atoms with Crippen LogP contribution < -0.4 is 0 Å². The van der Waals surface area contributed by atoms with Gasteiger partial charge in [-0.2, -0.15) is 0 Å². The predicted octanol–water partition coefficient (Wildman–Crippen LogP) is 4.89. The first-order valence-corrected chi connectivity index (χ1v) is 9.72. The Hall–Kier alpha value is -0.800. The first-order chi connectivity index (χ1) is 11.0. The summed E-state index contributed by atoms with van der Waals surface area (Å²) >= 11 is 3.37. The highest BCUT2D eigenvalue weighted by Gasteiger charge is 2.60. The molecule has 0 aromatic heterocycles. The molecule has 3 aliphatic carbocycles. The SMILES string of the molecule is C[C@]12CC[C@@H]3c4ccc(O)cc4CC[C@H]3[C@@H]1CC[C@]2(O)/C=C\Br. The summed E-state index contributed by atoms with van der Waals surface area (Å²) in [7, 11) is 0. The van der Waals surface area contributed by atoms with Gasteiger partial charge in [0.1, 0.15) is 5.75 Å². The fraction of sp³-hybridized carbons (Fsp3) is 0.600. The number of aliphatic hydroxyl groups is 1. The van der Waals surface area contributed by atoms with E-state index in [-0.39, 0.29) is 5.41 Å². The highest BCUT2D eigenvalue weighted by atomic mass is 79.9. The average molecular weight is 377 g/mol. The number of halogens is 1. The van der Waals surface area contributed by atoms with Crippen molar-refractivity contribution in [2.24, 2.45) is 17.3 Å². The van der Waals surface area contributed by atoms with E-state index in [1.165, 1.54) is 17.5 Å². The molecule has 2 N–H and O–H groups in total. The minimum atomic E-state index is -0.665. The molecule has 3 aliphatic rings. The van der Waals surface area contributed by atoms with E-state index in [1.807, 2.05) is 23.2 Å². The van der Waals surface area contributed by atoms with Crippen LogP contribution in [-0.4, -0.2) is 15.8 Å². The topological polar surface area (TPSA) is 40.5 Å². The van der Waals surface area contributed by atoms with Crippen molar-refractivity contribution in [1.82, 2.24) is 0 Å². The van der Waals surface area contributed by atoms with Gasteiger partial charge >= 0.3 is 0 Å². The van der Waals surface area contributed by atoms with Crippen LogP contribution in [0.25, 0.3) is 0 Å². The van der Waals surface area contributed by atoms with Crippen molar-refractivity contribution in [3.8, 4) is 5.75 Å². The largest absolute Gasteiger partial charge is 0.508 e. The lowest BCUT2D eigenvalue weighted by Crippen LogP contribution is -2.49. The quantitative estimate of drug-likeness (QED) is 0.732. The number of aromatic hydroxyl groups is 1. The number of rotatable bonds is 1. The monoisotopic (exact) mass is 376 g/mol. The fourth-order valence-electron chi connectivity index (χ4n) is 6.00. The van der Waals surface area contributed by atoms with Crippen LogP contribution in [0.4, 0.5) is 0 Å². The first-order valence-electron chi connectivity index (χ1n) is 8.80. The van der Waals surface area contributed by atoms with E-state index < -0.39 is 5.60 Å². The van der Waals surface area contributed by atoms with E-state index in [0.29, 0.717) is 23.5 Å². The summed E-state index contributed by atoms with van der Waals surface area (Å²) in [6, 6.07) is 5.94. The molecular formula is C20H25BrO2. The van der Waals surface area contributed by atoms with Crippen LogP contribution in [0.15, 0.2) is 29.3 Å². The van der Waals surface area contributed by atoms with Gasteiger partial charge in [0.25, 0.3) is 0 Å². The van der Waals surface area contributed by atoms with Crippen molar-refractivity contribution >= 4 is 15.9 Å². The highest BCUT2D eigenvalue weighted by molar-refractivity contribution is 9.11. The normalized spacial score (nSPS) is 42.3. The van der Waals surface area contributed by atoms with Gasteiger partial charge in [-0.15, -0.1) is 0 Å². The van der Waals surface area contributed by atoms with E-state index >= 15 is 0 Å². The molecule has 23 heavy (non-hydrogen) atoms. The van der Waals surface area contributed by atoms with E-state index in [1.54, 1.807) is 0 Å². The average Bonchev–Trinajstić information content (AvgIpc) is 2.79. The highest BCUT2D eigenvalue weighted by Crippen LogP contribution is 2.64. The number of phenolic OH excluding ortho intramolecular Hbond substituents is 1. The maximum absolute atomic E-state index is 11.2. The van der Waals surface area contributed by atoms with Crippen LogP contribution in [0.1, 0.15) is 56.1 Å². The molecule has 2 saturated carbocycles. The predicted molar refractivity (Wildman–Crippen MR) is 95.7 cm³/mol. The lowest BCUT2D eigenvalue weighted by atomic mass is 9.53. The van der Waals surface area contributed by atoms with Crippen LogP contribution in [0.3, 0.4) is 0 Å². The van der Waals surface area contributed by atoms with Crippen LogP contribution in [0, 0.1) is 17.3 Å². The molecule has 0 radical (unpaired) electrons. The lowest BCUT2D eigenvalue weighted by molar-refractivity contribution is -0.0708. The van der Waals surface area contributed by atoms with Gasteiger partial charge in [-0.3, -0.25) is 0 Å². The number of hydrogen-bond acceptors (Lipinski definition) is 2. The van der Waals surface area contributed by atoms with Gasteiger partial charge in [-0.05, 0) is 90.6 Å². The molecule has 0 amide bonds. The molecular weight excluding hydrogens is 352 g/mol. The Labute approximate surface area is 146 Å². The molecule has 2 nitrogen and oxygen atoms in total. The van der Waals surface area contributed by atoms with Crippen molar-refractivity contribution in [3.05, 3.63) is 40.4 Å². The number of benzene rings is 1. The molecule has 4 rings (SSSR count). The Balaban J connectivity index is 1.70. The maximum atomic E-state index is 11.2. The Morgan fingerprint density at radius 1 is 1.22 bits per heavy atom. The molecule has 0 saturated heterocycles. The standard InChI is InChI=1S/C20H25BrO2/c1-19-8-6-16-15-5-3-14(22)12-13(15)2-4-17(16)18(19)7-9-20(19,23)10-11-21/h3,5,10-12,16-18,22-23H,2,4,6-9H2,1H3/b11-10-/t16-,17-,18+,19+,20+/m1/s1. The number of hydrogen-bond donors (Lipinski definition) is 2. The van der Waals surface area contributed by atoms with Gasteiger partial charge in [0.2, 0.25) is 0 Å². The van der Waals surface area contributed by atoms with Gasteiger partial charge in [0.15, 0.2) is 0 Å². The summed E-state index contributed by atoms with van der Waals surface area (Å²) in [5.74, 6) is 2.26. The zero-order valence-corrected chi connectivity index (χ0v) is 15.2. The second-order valence-electron chi connectivity index (χ2n) is 8.01. The fourth-order valence-corrected chi connectivity index (χ4v) is 6.44. The maximum Gasteiger partial charge on any atom is 0.115 e. The van der Waals surface area contributed by atoms with Gasteiger partial charge in [0.05, 0.1) is 5.60 Å². The Morgan fingerprint density at radius 2 is 2.04 bits per heavy atom. The summed E-state index contributed by atoms with van der Waals surface area (Å²) < 4.78 is 0. The van der Waals surface area contributed by atoms with Crippen LogP contribution in [0.5, 0.6) is 5.75 Å². The molecule has 1 aromatic carbocycles. The summed E-state index contributed by atoms with van der Waals surface area (Å²) in [6.45, 7) is 2.31. The first kappa shape index (κ1) is 15.7. The van der Waals surface area contributed by atoms with Crippen molar-refractivity contribution < 1.29 is 10.2 Å². The minimum absolute atomic E-state index is 0.00708. The summed E-state index contributed by atoms with van der Waals surface area (Å²) in [5, 5.41) is 21.0. The summed E-state index contributed by atoms with van der Waals surface area (Å²) in [5.41, 5.74) is 2.12. The van der Waals surface area contributed by atoms with Crippen LogP contribution >= 0.6 is 15.9 Å². The van der Waals surface area contributed by atoms with E-state index in [0.717, 1.165) is 32.1 Å². The molecule has 0 bridgehead atoms. The Kier molecular flexibility index (Phi) is 3.66. The van der Waals surface area contributed by atoms with Crippen molar-refractivity contribution in [1.29, 1.82) is 0 Å². The van der Waals surface area contributed by atoms with Gasteiger partial charge in [-0.25, -0.2) is 0 Å². The zero-order chi connectivity index (χ0) is 16.2. The van der Waals surface area contributed by atoms with E-state index in [4.69, 9.17) is 0 Å². The molecule has 0 heterocycles. The van der Waals surface area contributed by atoms with Crippen molar-refractivity contribution in [2.75, 3.05) is 0 Å². The van der Waals surface area contributed by atoms with Crippen LogP contribution in [0.2, 0.25) is 0 Å². The molecule has 0 unspecified atom stereocenters. The van der Waals surface area contributed by atoms with Gasteiger partial charge < -0.3 is 10.2 Å². The number of fused-ring (bicyclic) bond motifs is 5. The Morgan fingerprint density at radius 3 is 2.83 bits per heavy atom. The Bertz CT molecular complexity index is 655. The number of phenols is 1. The van der Waals surface area contributed by atoms with Gasteiger partial charge in [-0.1, -0.05) is 28.9 Å². The zero-order valence-electron chi connectivity index (χ0n) is 13.6. The van der Waals surface area contributed by atoms with E-state index in [2.05, 4.69) is 28.9 Å². The molecule has 0 aliphatic heterocycles. The smallest absolute Gasteiger partial charge is 0.115 e. The second kappa shape index (κ2) is 5.35. The molecule has 1 aromatic rings. The molecule has 0 spiro atoms. The van der Waals surface area contributed by atoms with Gasteiger partial charge in [0, 0.05) is 5.41 Å². The third-order valence-corrected chi connectivity index (χ3v) is 7.53. The summed E-state index contributed by atoms with van der Waals surface area (Å²) in [6.07, 6.45) is 8.45.